The number of carbonyl (C=O) groups is 3. The van der Waals surface area contributed by atoms with Gasteiger partial charge in [0.15, 0.2) is 0 Å². The zero-order chi connectivity index (χ0) is 31.6. The Kier molecular flexibility index (Phi) is 9.77. The predicted molar refractivity (Wildman–Crippen MR) is 176 cm³/mol. The summed E-state index contributed by atoms with van der Waals surface area (Å²) >= 11 is 8.27. The standard InChI is InChI=1S/C34H40ClN3O5S/c1-5-18-36(23-12-14-24(15-13-23)43-7-3)31(40)27-26-16-17-34(44-26)28(27)32(41)38(20-9-21-39)30(34)33(42)37(19-6-2)29-22(4)10-8-11-25(29)35/h5-6,8,10-15,26-28,30,39H,1-2,7,9,16-21H2,3-4H3/t26-,27+,28-,30?,34?/m0/s1. The number of nitrogens with zero attached hydrogens (tertiary/aromatic N) is 3. The maximum atomic E-state index is 14.7. The van der Waals surface area contributed by atoms with Crippen LogP contribution in [0.15, 0.2) is 67.8 Å². The van der Waals surface area contributed by atoms with Gasteiger partial charge in [0, 0.05) is 37.2 Å². The number of hydrogen-bond donors (Lipinski definition) is 1. The fourth-order valence-electron chi connectivity index (χ4n) is 7.25. The molecular weight excluding hydrogens is 598 g/mol. The molecule has 8 nitrogen and oxygen atoms in total. The number of hydrogen-bond acceptors (Lipinski definition) is 6. The molecule has 10 heteroatoms. The first kappa shape index (κ1) is 32.1. The van der Waals surface area contributed by atoms with Gasteiger partial charge in [-0.3, -0.25) is 14.4 Å². The zero-order valence-corrected chi connectivity index (χ0v) is 26.9. The normalized spacial score (nSPS) is 25.1. The average Bonchev–Trinajstić information content (AvgIpc) is 3.65. The lowest BCUT2D eigenvalue weighted by Gasteiger charge is -2.38. The summed E-state index contributed by atoms with van der Waals surface area (Å²) in [6.45, 7) is 12.7. The van der Waals surface area contributed by atoms with Crippen LogP contribution >= 0.6 is 23.4 Å². The Bertz CT molecular complexity index is 1410. The molecule has 1 spiro atoms. The number of anilines is 2. The molecule has 1 N–H and O–H groups in total. The van der Waals surface area contributed by atoms with Crippen LogP contribution < -0.4 is 14.5 Å². The Morgan fingerprint density at radius 1 is 1.14 bits per heavy atom. The van der Waals surface area contributed by atoms with Crippen molar-refractivity contribution in [2.45, 2.75) is 49.1 Å². The van der Waals surface area contributed by atoms with Crippen LogP contribution in [0.3, 0.4) is 0 Å². The van der Waals surface area contributed by atoms with E-state index in [0.29, 0.717) is 41.6 Å². The molecule has 5 atom stereocenters. The topological polar surface area (TPSA) is 90.4 Å². The summed E-state index contributed by atoms with van der Waals surface area (Å²) < 4.78 is 4.81. The van der Waals surface area contributed by atoms with Gasteiger partial charge < -0.3 is 24.5 Å². The van der Waals surface area contributed by atoms with E-state index in [2.05, 4.69) is 13.2 Å². The number of carbonyl (C=O) groups excluding carboxylic acids is 3. The van der Waals surface area contributed by atoms with E-state index < -0.39 is 22.6 Å². The van der Waals surface area contributed by atoms with Crippen molar-refractivity contribution in [2.75, 3.05) is 42.6 Å². The predicted octanol–water partition coefficient (Wildman–Crippen LogP) is 5.26. The second kappa shape index (κ2) is 13.4. The summed E-state index contributed by atoms with van der Waals surface area (Å²) in [5.41, 5.74) is 2.12. The van der Waals surface area contributed by atoms with Gasteiger partial charge in [0.05, 0.1) is 33.9 Å². The lowest BCUT2D eigenvalue weighted by atomic mass is 9.70. The van der Waals surface area contributed by atoms with Crippen molar-refractivity contribution >= 4 is 52.5 Å². The van der Waals surface area contributed by atoms with Gasteiger partial charge in [-0.15, -0.1) is 24.9 Å². The van der Waals surface area contributed by atoms with Crippen LogP contribution in [0.5, 0.6) is 5.75 Å². The minimum atomic E-state index is -0.812. The molecule has 3 aliphatic heterocycles. The number of ether oxygens (including phenoxy) is 1. The SMILES string of the molecule is C=CCN(C(=O)[C@@H]1[C@@H]2CCC3(S2)C(C(=O)N(CC=C)c2c(C)cccc2Cl)N(CCCO)C(=O)[C@H]13)c1ccc(OCC)cc1. The van der Waals surface area contributed by atoms with E-state index in [1.165, 1.54) is 0 Å². The van der Waals surface area contributed by atoms with E-state index in [1.807, 2.05) is 50.2 Å². The molecule has 2 unspecified atom stereocenters. The first-order chi connectivity index (χ1) is 21.2. The highest BCUT2D eigenvalue weighted by molar-refractivity contribution is 8.02. The van der Waals surface area contributed by atoms with Gasteiger partial charge in [-0.2, -0.15) is 0 Å². The summed E-state index contributed by atoms with van der Waals surface area (Å²) in [7, 11) is 0. The number of thioether (sulfide) groups is 1. The molecular formula is C34H40ClN3O5S. The third-order valence-electron chi connectivity index (χ3n) is 8.95. The highest BCUT2D eigenvalue weighted by Gasteiger charge is 2.74. The van der Waals surface area contributed by atoms with Gasteiger partial charge in [-0.1, -0.05) is 35.9 Å². The van der Waals surface area contributed by atoms with E-state index in [-0.39, 0.29) is 49.2 Å². The van der Waals surface area contributed by atoms with Gasteiger partial charge in [0.25, 0.3) is 5.91 Å². The summed E-state index contributed by atoms with van der Waals surface area (Å²) in [6, 6.07) is 12.0. The molecule has 44 heavy (non-hydrogen) atoms. The molecule has 3 aliphatic rings. The molecule has 0 aromatic heterocycles. The monoisotopic (exact) mass is 637 g/mol. The highest BCUT2D eigenvalue weighted by Crippen LogP contribution is 2.67. The van der Waals surface area contributed by atoms with Crippen molar-refractivity contribution in [2.24, 2.45) is 11.8 Å². The van der Waals surface area contributed by atoms with Crippen molar-refractivity contribution in [3.8, 4) is 5.75 Å². The molecule has 234 valence electrons. The number of halogens is 1. The third kappa shape index (κ3) is 5.43. The molecule has 2 bridgehead atoms. The van der Waals surface area contributed by atoms with Crippen LogP contribution in [0.25, 0.3) is 0 Å². The maximum absolute atomic E-state index is 14.7. The number of amides is 3. The van der Waals surface area contributed by atoms with Crippen LogP contribution in [-0.4, -0.2) is 76.6 Å². The highest BCUT2D eigenvalue weighted by atomic mass is 35.5. The molecule has 0 saturated carbocycles. The lowest BCUT2D eigenvalue weighted by Crippen LogP contribution is -2.55. The third-order valence-corrected chi connectivity index (χ3v) is 11.2. The fraction of sp³-hybridized carbons (Fsp3) is 0.441. The van der Waals surface area contributed by atoms with Crippen molar-refractivity contribution in [1.29, 1.82) is 0 Å². The Balaban J connectivity index is 1.54. The number of aliphatic hydroxyl groups is 1. The molecule has 3 fully saturated rings. The van der Waals surface area contributed by atoms with Gasteiger partial charge in [-0.25, -0.2) is 0 Å². The average molecular weight is 638 g/mol. The number of aryl methyl sites for hydroxylation is 1. The molecule has 3 heterocycles. The van der Waals surface area contributed by atoms with E-state index in [1.54, 1.807) is 44.7 Å². The van der Waals surface area contributed by atoms with Gasteiger partial charge in [0.1, 0.15) is 11.8 Å². The molecule has 2 aromatic rings. The van der Waals surface area contributed by atoms with Gasteiger partial charge in [-0.05, 0) is 69.0 Å². The summed E-state index contributed by atoms with van der Waals surface area (Å²) in [5, 5.41) is 10.1. The Hall–Kier alpha value is -3.27. The van der Waals surface area contributed by atoms with Crippen molar-refractivity contribution in [3.05, 3.63) is 78.4 Å². The second-order valence-corrected chi connectivity index (χ2v) is 13.5. The molecule has 5 rings (SSSR count). The number of benzene rings is 2. The van der Waals surface area contributed by atoms with Crippen LogP contribution in [0, 0.1) is 18.8 Å². The smallest absolute Gasteiger partial charge is 0.251 e. The Morgan fingerprint density at radius 3 is 2.48 bits per heavy atom. The summed E-state index contributed by atoms with van der Waals surface area (Å²) in [6.07, 6.45) is 5.02. The maximum Gasteiger partial charge on any atom is 0.251 e. The second-order valence-electron chi connectivity index (χ2n) is 11.5. The minimum absolute atomic E-state index is 0.100. The molecule has 2 aromatic carbocycles. The number of likely N-dealkylation sites (tertiary alicyclic amines) is 1. The zero-order valence-electron chi connectivity index (χ0n) is 25.3. The van der Waals surface area contributed by atoms with Crippen LogP contribution in [0.4, 0.5) is 11.4 Å². The van der Waals surface area contributed by atoms with Crippen molar-refractivity contribution in [3.63, 3.8) is 0 Å². The molecule has 0 radical (unpaired) electrons. The number of para-hydroxylation sites is 1. The van der Waals surface area contributed by atoms with Crippen molar-refractivity contribution < 1.29 is 24.2 Å². The van der Waals surface area contributed by atoms with Gasteiger partial charge in [0.2, 0.25) is 11.8 Å². The summed E-state index contributed by atoms with van der Waals surface area (Å²) in [5.74, 6) is -1.15. The number of rotatable bonds is 13. The fourth-order valence-corrected chi connectivity index (χ4v) is 9.78. The largest absolute Gasteiger partial charge is 0.494 e. The number of aliphatic hydroxyl groups excluding tert-OH is 1. The van der Waals surface area contributed by atoms with E-state index in [0.717, 1.165) is 12.0 Å². The van der Waals surface area contributed by atoms with Crippen LogP contribution in [0.1, 0.15) is 31.7 Å². The Labute approximate surface area is 268 Å². The van der Waals surface area contributed by atoms with Crippen LogP contribution in [0.2, 0.25) is 5.02 Å². The van der Waals surface area contributed by atoms with E-state index in [4.69, 9.17) is 16.3 Å². The van der Waals surface area contributed by atoms with E-state index >= 15 is 0 Å². The first-order valence-corrected chi connectivity index (χ1v) is 16.4. The lowest BCUT2D eigenvalue weighted by molar-refractivity contribution is -0.139. The molecule has 0 aliphatic carbocycles. The van der Waals surface area contributed by atoms with Crippen molar-refractivity contribution in [1.82, 2.24) is 4.90 Å². The minimum Gasteiger partial charge on any atom is -0.494 e. The van der Waals surface area contributed by atoms with Crippen LogP contribution in [-0.2, 0) is 14.4 Å². The number of fused-ring (bicyclic) bond motifs is 1. The summed E-state index contributed by atoms with van der Waals surface area (Å²) in [4.78, 5) is 48.5. The quantitative estimate of drug-likeness (QED) is 0.302. The van der Waals surface area contributed by atoms with E-state index in [9.17, 15) is 19.5 Å². The molecule has 3 amide bonds. The Morgan fingerprint density at radius 2 is 1.84 bits per heavy atom. The first-order valence-electron chi connectivity index (χ1n) is 15.2. The molecule has 3 saturated heterocycles. The van der Waals surface area contributed by atoms with Gasteiger partial charge >= 0.3 is 0 Å².